The predicted molar refractivity (Wildman–Crippen MR) is 81.7 cm³/mol. The maximum absolute atomic E-state index is 11.9. The van der Waals surface area contributed by atoms with E-state index in [9.17, 15) is 4.79 Å². The molecule has 0 unspecified atom stereocenters. The third kappa shape index (κ3) is 4.04. The summed E-state index contributed by atoms with van der Waals surface area (Å²) in [5.74, 6) is 0.636. The molecular weight excluding hydrogens is 272 g/mol. The fourth-order valence-electron chi connectivity index (χ4n) is 2.03. The van der Waals surface area contributed by atoms with Gasteiger partial charge in [-0.3, -0.25) is 4.79 Å². The summed E-state index contributed by atoms with van der Waals surface area (Å²) in [6.45, 7) is 3.36. The second-order valence-corrected chi connectivity index (χ2v) is 4.56. The molecule has 3 N–H and O–H groups in total. The lowest BCUT2D eigenvalue weighted by Gasteiger charge is -2.27. The molecule has 6 heteroatoms. The fourth-order valence-corrected chi connectivity index (χ4v) is 2.03. The molecule has 0 radical (unpaired) electrons. The number of nitrogens with zero attached hydrogens (tertiary/aromatic N) is 1. The zero-order valence-electron chi connectivity index (χ0n) is 11.8. The first kappa shape index (κ1) is 15.5. The zero-order chi connectivity index (χ0) is 15.1. The highest BCUT2D eigenvalue weighted by Crippen LogP contribution is 2.19. The number of rotatable bonds is 2. The smallest absolute Gasteiger partial charge is 0.200 e. The van der Waals surface area contributed by atoms with Crippen molar-refractivity contribution in [1.29, 1.82) is 0 Å². The van der Waals surface area contributed by atoms with Crippen molar-refractivity contribution < 1.29 is 14.3 Å². The van der Waals surface area contributed by atoms with Crippen molar-refractivity contribution in [3.63, 3.8) is 0 Å². The van der Waals surface area contributed by atoms with Crippen LogP contribution in [0.1, 0.15) is 0 Å². The molecule has 3 rings (SSSR count). The van der Waals surface area contributed by atoms with Gasteiger partial charge in [-0.15, -0.1) is 0 Å². The Kier molecular flexibility index (Phi) is 5.74. The van der Waals surface area contributed by atoms with Gasteiger partial charge in [-0.1, -0.05) is 12.1 Å². The van der Waals surface area contributed by atoms with Gasteiger partial charge in [0.1, 0.15) is 5.58 Å². The fraction of sp³-hybridized carbons (Fsp3) is 0.400. The number of benzene rings is 1. The van der Waals surface area contributed by atoms with Crippen molar-refractivity contribution in [2.24, 2.45) is 5.73 Å². The summed E-state index contributed by atoms with van der Waals surface area (Å²) in [6, 6.07) is 8.88. The Hall–Kier alpha value is -1.89. The Morgan fingerprint density at radius 1 is 1.24 bits per heavy atom. The number of fused-ring (bicyclic) bond motifs is 1. The first-order chi connectivity index (χ1) is 10.3. The highest BCUT2D eigenvalue weighted by Gasteiger charge is 2.14. The Morgan fingerprint density at radius 3 is 2.57 bits per heavy atom. The lowest BCUT2D eigenvalue weighted by atomic mass is 10.2. The maximum Gasteiger partial charge on any atom is 0.200 e. The second-order valence-electron chi connectivity index (χ2n) is 4.56. The monoisotopic (exact) mass is 292 g/mol. The molecule has 1 aliphatic rings. The average Bonchev–Trinajstić information content (AvgIpc) is 2.56. The van der Waals surface area contributed by atoms with Crippen LogP contribution in [0.25, 0.3) is 11.0 Å². The molecule has 114 valence electrons. The van der Waals surface area contributed by atoms with Gasteiger partial charge in [0.2, 0.25) is 0 Å². The number of para-hydroxylation sites is 1. The number of anilines is 1. The van der Waals surface area contributed by atoms with Crippen LogP contribution in [-0.2, 0) is 4.74 Å². The van der Waals surface area contributed by atoms with E-state index in [1.807, 2.05) is 23.1 Å². The number of aliphatic hydroxyl groups is 1. The van der Waals surface area contributed by atoms with Crippen molar-refractivity contribution in [3.8, 4) is 0 Å². The molecule has 1 aromatic carbocycles. The first-order valence-corrected chi connectivity index (χ1v) is 6.92. The van der Waals surface area contributed by atoms with E-state index in [4.69, 9.17) is 20.0 Å². The van der Waals surface area contributed by atoms with Gasteiger partial charge in [-0.05, 0) is 12.1 Å². The van der Waals surface area contributed by atoms with E-state index >= 15 is 0 Å². The summed E-state index contributed by atoms with van der Waals surface area (Å²) in [5.41, 5.74) is 5.43. The number of hydrogen-bond donors (Lipinski definition) is 2. The van der Waals surface area contributed by atoms with Crippen LogP contribution in [0.4, 0.5) is 5.88 Å². The molecule has 1 aromatic heterocycles. The molecule has 0 saturated carbocycles. The summed E-state index contributed by atoms with van der Waals surface area (Å²) in [5, 5.41) is 8.38. The molecule has 1 aliphatic heterocycles. The van der Waals surface area contributed by atoms with Crippen LogP contribution in [0.2, 0.25) is 0 Å². The van der Waals surface area contributed by atoms with E-state index in [1.165, 1.54) is 0 Å². The van der Waals surface area contributed by atoms with Crippen LogP contribution in [0.5, 0.6) is 0 Å². The van der Waals surface area contributed by atoms with Gasteiger partial charge in [-0.25, -0.2) is 0 Å². The number of morpholine rings is 1. The van der Waals surface area contributed by atoms with Crippen molar-refractivity contribution in [2.75, 3.05) is 44.4 Å². The van der Waals surface area contributed by atoms with E-state index in [-0.39, 0.29) is 12.0 Å². The summed E-state index contributed by atoms with van der Waals surface area (Å²) < 4.78 is 11.0. The third-order valence-electron chi connectivity index (χ3n) is 3.07. The highest BCUT2D eigenvalue weighted by atomic mass is 16.5. The molecular formula is C15H20N2O4. The molecule has 1 saturated heterocycles. The first-order valence-electron chi connectivity index (χ1n) is 6.92. The van der Waals surface area contributed by atoms with Gasteiger partial charge >= 0.3 is 0 Å². The molecule has 0 spiro atoms. The van der Waals surface area contributed by atoms with E-state index in [0.717, 1.165) is 13.1 Å². The summed E-state index contributed by atoms with van der Waals surface area (Å²) >= 11 is 0. The summed E-state index contributed by atoms with van der Waals surface area (Å²) in [7, 11) is 0. The van der Waals surface area contributed by atoms with Crippen molar-refractivity contribution >= 4 is 16.9 Å². The standard InChI is InChI=1S/C13H13NO3.C2H7NO/c15-11-9-13(14-5-7-16-8-6-14)17-12-4-2-1-3-10(11)12;3-1-2-4/h1-4,9H,5-8H2;4H,1-3H2. The molecule has 0 aliphatic carbocycles. The van der Waals surface area contributed by atoms with Crippen molar-refractivity contribution in [1.82, 2.24) is 0 Å². The Bertz CT molecular complexity index is 618. The number of nitrogens with two attached hydrogens (primary N) is 1. The maximum atomic E-state index is 11.9. The number of ether oxygens (including phenoxy) is 1. The van der Waals surface area contributed by atoms with Gasteiger partial charge in [0.15, 0.2) is 11.3 Å². The topological polar surface area (TPSA) is 88.9 Å². The van der Waals surface area contributed by atoms with Crippen LogP contribution < -0.4 is 16.1 Å². The van der Waals surface area contributed by atoms with Crippen LogP contribution >= 0.6 is 0 Å². The molecule has 2 aromatic rings. The molecule has 0 bridgehead atoms. The Labute approximate surface area is 122 Å². The summed E-state index contributed by atoms with van der Waals surface area (Å²) in [4.78, 5) is 14.0. The second kappa shape index (κ2) is 7.78. The van der Waals surface area contributed by atoms with Gasteiger partial charge in [0.05, 0.1) is 25.2 Å². The minimum absolute atomic E-state index is 0.00772. The predicted octanol–water partition coefficient (Wildman–Crippen LogP) is 0.567. The van der Waals surface area contributed by atoms with Gasteiger partial charge in [-0.2, -0.15) is 0 Å². The van der Waals surface area contributed by atoms with Crippen LogP contribution in [0.3, 0.4) is 0 Å². The normalized spacial score (nSPS) is 14.7. The molecule has 6 nitrogen and oxygen atoms in total. The van der Waals surface area contributed by atoms with E-state index in [2.05, 4.69) is 0 Å². The van der Waals surface area contributed by atoms with E-state index in [1.54, 1.807) is 12.1 Å². The van der Waals surface area contributed by atoms with E-state index < -0.39 is 0 Å². The van der Waals surface area contributed by atoms with Gasteiger partial charge < -0.3 is 24.9 Å². The zero-order valence-corrected chi connectivity index (χ0v) is 11.8. The Balaban J connectivity index is 0.000000361. The van der Waals surface area contributed by atoms with Crippen molar-refractivity contribution in [2.45, 2.75) is 0 Å². The number of hydrogen-bond acceptors (Lipinski definition) is 6. The SMILES string of the molecule is NCCO.O=c1cc(N2CCOCC2)oc2ccccc12. The lowest BCUT2D eigenvalue weighted by Crippen LogP contribution is -2.36. The van der Waals surface area contributed by atoms with Crippen LogP contribution in [-0.4, -0.2) is 44.6 Å². The van der Waals surface area contributed by atoms with Crippen LogP contribution in [0.15, 0.2) is 39.5 Å². The van der Waals surface area contributed by atoms with Gasteiger partial charge in [0, 0.05) is 25.7 Å². The highest BCUT2D eigenvalue weighted by molar-refractivity contribution is 5.77. The number of aliphatic hydroxyl groups excluding tert-OH is 1. The lowest BCUT2D eigenvalue weighted by molar-refractivity contribution is 0.121. The van der Waals surface area contributed by atoms with Crippen LogP contribution in [0, 0.1) is 0 Å². The minimum Gasteiger partial charge on any atom is -0.440 e. The molecule has 2 heterocycles. The van der Waals surface area contributed by atoms with Gasteiger partial charge in [0.25, 0.3) is 0 Å². The Morgan fingerprint density at radius 2 is 1.90 bits per heavy atom. The van der Waals surface area contributed by atoms with Crippen molar-refractivity contribution in [3.05, 3.63) is 40.6 Å². The minimum atomic E-state index is 0.00772. The molecule has 0 amide bonds. The molecule has 21 heavy (non-hydrogen) atoms. The molecule has 1 fully saturated rings. The average molecular weight is 292 g/mol. The summed E-state index contributed by atoms with van der Waals surface area (Å²) in [6.07, 6.45) is 0. The van der Waals surface area contributed by atoms with E-state index in [0.29, 0.717) is 36.6 Å². The quantitative estimate of drug-likeness (QED) is 0.841. The largest absolute Gasteiger partial charge is 0.440 e. The molecule has 0 atom stereocenters. The third-order valence-corrected chi connectivity index (χ3v) is 3.07.